The van der Waals surface area contributed by atoms with E-state index in [2.05, 4.69) is 50.2 Å². The van der Waals surface area contributed by atoms with Crippen molar-refractivity contribution in [2.45, 2.75) is 162 Å². The smallest absolute Gasteiger partial charge is 0.223 e. The standard InChI is InChI=1S/C31H60N2O/c1-5-9-12-14-19-25-29(24-18-11-7-3)31(34)33-28-22-17-16-21-27-32-30(23-8-4)26-20-15-13-10-6-2/h29-30,32H,5-15,18-28H2,1-4H3,(H,33,34). The number of hydrogen-bond donors (Lipinski definition) is 2. The minimum Gasteiger partial charge on any atom is -0.355 e. The Labute approximate surface area is 214 Å². The number of hydrogen-bond acceptors (Lipinski definition) is 2. The first-order chi connectivity index (χ1) is 16.7. The fourth-order valence-corrected chi connectivity index (χ4v) is 4.64. The second-order valence-electron chi connectivity index (χ2n) is 10.2. The summed E-state index contributed by atoms with van der Waals surface area (Å²) < 4.78 is 0. The van der Waals surface area contributed by atoms with Gasteiger partial charge in [0, 0.05) is 37.9 Å². The van der Waals surface area contributed by atoms with Crippen molar-refractivity contribution in [2.75, 3.05) is 13.1 Å². The summed E-state index contributed by atoms with van der Waals surface area (Å²) in [6.07, 6.45) is 24.4. The van der Waals surface area contributed by atoms with Gasteiger partial charge in [-0.25, -0.2) is 0 Å². The van der Waals surface area contributed by atoms with Crippen molar-refractivity contribution in [1.29, 1.82) is 0 Å². The summed E-state index contributed by atoms with van der Waals surface area (Å²) in [6.45, 7) is 10.7. The maximum atomic E-state index is 12.7. The van der Waals surface area contributed by atoms with Gasteiger partial charge in [0.1, 0.15) is 0 Å². The average molecular weight is 477 g/mol. The quantitative estimate of drug-likeness (QED) is 0.108. The molecule has 3 nitrogen and oxygen atoms in total. The van der Waals surface area contributed by atoms with Gasteiger partial charge in [0.2, 0.25) is 5.91 Å². The van der Waals surface area contributed by atoms with Crippen molar-refractivity contribution < 1.29 is 4.79 Å². The van der Waals surface area contributed by atoms with Gasteiger partial charge in [-0.2, -0.15) is 0 Å². The van der Waals surface area contributed by atoms with E-state index in [1.54, 1.807) is 0 Å². The Bertz CT molecular complexity index is 493. The van der Waals surface area contributed by atoms with Gasteiger partial charge in [-0.05, 0) is 25.7 Å². The van der Waals surface area contributed by atoms with Crippen LogP contribution in [0.3, 0.4) is 0 Å². The van der Waals surface area contributed by atoms with Gasteiger partial charge in [0.05, 0.1) is 0 Å². The summed E-state index contributed by atoms with van der Waals surface area (Å²) in [5.74, 6) is 7.03. The lowest BCUT2D eigenvalue weighted by Gasteiger charge is -2.17. The van der Waals surface area contributed by atoms with Crippen molar-refractivity contribution in [3.8, 4) is 11.8 Å². The maximum absolute atomic E-state index is 12.7. The fourth-order valence-electron chi connectivity index (χ4n) is 4.64. The van der Waals surface area contributed by atoms with E-state index >= 15 is 0 Å². The molecule has 0 aliphatic carbocycles. The Morgan fingerprint density at radius 2 is 1.09 bits per heavy atom. The molecule has 0 rings (SSSR count). The summed E-state index contributed by atoms with van der Waals surface area (Å²) in [7, 11) is 0. The molecule has 2 unspecified atom stereocenters. The zero-order valence-electron chi connectivity index (χ0n) is 23.6. The molecule has 0 spiro atoms. The Morgan fingerprint density at radius 1 is 0.588 bits per heavy atom. The fraction of sp³-hybridized carbons (Fsp3) is 0.903. The van der Waals surface area contributed by atoms with E-state index in [1.165, 1.54) is 103 Å². The van der Waals surface area contributed by atoms with Crippen molar-refractivity contribution in [3.63, 3.8) is 0 Å². The maximum Gasteiger partial charge on any atom is 0.223 e. The molecule has 0 aliphatic heterocycles. The first kappa shape index (κ1) is 33.0. The average Bonchev–Trinajstić information content (AvgIpc) is 2.84. The highest BCUT2D eigenvalue weighted by Crippen LogP contribution is 2.18. The lowest BCUT2D eigenvalue weighted by atomic mass is 9.93. The minimum absolute atomic E-state index is 0.197. The highest BCUT2D eigenvalue weighted by atomic mass is 16.1. The molecule has 0 bridgehead atoms. The molecule has 200 valence electrons. The van der Waals surface area contributed by atoms with Crippen LogP contribution >= 0.6 is 0 Å². The third kappa shape index (κ3) is 21.5. The van der Waals surface area contributed by atoms with Crippen molar-refractivity contribution in [3.05, 3.63) is 0 Å². The van der Waals surface area contributed by atoms with E-state index < -0.39 is 0 Å². The van der Waals surface area contributed by atoms with Crippen LogP contribution in [0, 0.1) is 17.8 Å². The number of unbranched alkanes of at least 4 members (excludes halogenated alkanes) is 10. The molecule has 0 aromatic heterocycles. The predicted octanol–water partition coefficient (Wildman–Crippen LogP) is 8.56. The Kier molecular flexibility index (Phi) is 25.8. The number of rotatable bonds is 24. The highest BCUT2D eigenvalue weighted by Gasteiger charge is 2.17. The number of nitrogens with one attached hydrogen (secondary N) is 2. The van der Waals surface area contributed by atoms with Gasteiger partial charge in [0.15, 0.2) is 0 Å². The van der Waals surface area contributed by atoms with Crippen LogP contribution in [0.15, 0.2) is 0 Å². The molecule has 0 radical (unpaired) electrons. The largest absolute Gasteiger partial charge is 0.355 e. The highest BCUT2D eigenvalue weighted by molar-refractivity contribution is 5.78. The zero-order chi connectivity index (χ0) is 25.1. The van der Waals surface area contributed by atoms with Crippen molar-refractivity contribution in [2.24, 2.45) is 5.92 Å². The summed E-state index contributed by atoms with van der Waals surface area (Å²) in [5, 5.41) is 6.89. The van der Waals surface area contributed by atoms with Gasteiger partial charge >= 0.3 is 0 Å². The van der Waals surface area contributed by atoms with Crippen LogP contribution in [0.4, 0.5) is 0 Å². The molecule has 34 heavy (non-hydrogen) atoms. The van der Waals surface area contributed by atoms with Crippen LogP contribution in [-0.2, 0) is 4.79 Å². The second-order valence-corrected chi connectivity index (χ2v) is 10.2. The molecule has 0 heterocycles. The molecule has 2 atom stereocenters. The summed E-state index contributed by atoms with van der Waals surface area (Å²) >= 11 is 0. The lowest BCUT2D eigenvalue weighted by Crippen LogP contribution is -2.31. The normalized spacial score (nSPS) is 12.7. The molecule has 3 heteroatoms. The Morgan fingerprint density at radius 3 is 1.68 bits per heavy atom. The van der Waals surface area contributed by atoms with Crippen LogP contribution in [0.1, 0.15) is 156 Å². The number of carbonyl (C=O) groups excluding carboxylic acids is 1. The Balaban J connectivity index is 4.07. The predicted molar refractivity (Wildman–Crippen MR) is 151 cm³/mol. The van der Waals surface area contributed by atoms with Crippen LogP contribution < -0.4 is 10.6 Å². The van der Waals surface area contributed by atoms with Gasteiger partial charge in [0.25, 0.3) is 0 Å². The third-order valence-electron chi connectivity index (χ3n) is 6.83. The SMILES string of the molecule is CCCCCCCC(CCC)NCCC#CCCNC(=O)C(CCCCC)CCCCCCC. The summed E-state index contributed by atoms with van der Waals surface area (Å²) in [6, 6.07) is 0.652. The van der Waals surface area contributed by atoms with E-state index in [0.29, 0.717) is 12.6 Å². The van der Waals surface area contributed by atoms with Gasteiger partial charge < -0.3 is 10.6 Å². The molecule has 0 aromatic carbocycles. The first-order valence-corrected chi connectivity index (χ1v) is 15.2. The van der Waals surface area contributed by atoms with Gasteiger partial charge in [-0.15, -0.1) is 11.8 Å². The first-order valence-electron chi connectivity index (χ1n) is 15.2. The van der Waals surface area contributed by atoms with Crippen LogP contribution in [0.5, 0.6) is 0 Å². The van der Waals surface area contributed by atoms with Crippen molar-refractivity contribution in [1.82, 2.24) is 10.6 Å². The van der Waals surface area contributed by atoms with Crippen molar-refractivity contribution >= 4 is 5.91 Å². The zero-order valence-corrected chi connectivity index (χ0v) is 23.6. The van der Waals surface area contributed by atoms with Crippen LogP contribution in [0.2, 0.25) is 0 Å². The van der Waals surface area contributed by atoms with Gasteiger partial charge in [-0.1, -0.05) is 118 Å². The van der Waals surface area contributed by atoms with Gasteiger partial charge in [-0.3, -0.25) is 4.79 Å². The molecule has 0 aliphatic rings. The van der Waals surface area contributed by atoms with Crippen LogP contribution in [-0.4, -0.2) is 25.0 Å². The second kappa shape index (κ2) is 26.6. The molecular weight excluding hydrogens is 416 g/mol. The number of carbonyl (C=O) groups is 1. The molecule has 0 saturated heterocycles. The molecule has 0 fully saturated rings. The topological polar surface area (TPSA) is 41.1 Å². The van der Waals surface area contributed by atoms with E-state index in [1.807, 2.05) is 0 Å². The minimum atomic E-state index is 0.197. The van der Waals surface area contributed by atoms with E-state index in [0.717, 1.165) is 32.2 Å². The summed E-state index contributed by atoms with van der Waals surface area (Å²) in [5.41, 5.74) is 0. The monoisotopic (exact) mass is 476 g/mol. The Hall–Kier alpha value is -1.01. The molecule has 0 aromatic rings. The van der Waals surface area contributed by atoms with E-state index in [-0.39, 0.29) is 11.8 Å². The van der Waals surface area contributed by atoms with E-state index in [4.69, 9.17) is 0 Å². The molecule has 1 amide bonds. The molecule has 0 saturated carbocycles. The molecular formula is C31H60N2O. The summed E-state index contributed by atoms with van der Waals surface area (Å²) in [4.78, 5) is 12.7. The lowest BCUT2D eigenvalue weighted by molar-refractivity contribution is -0.125. The number of amides is 1. The van der Waals surface area contributed by atoms with E-state index in [9.17, 15) is 4.79 Å². The molecule has 2 N–H and O–H groups in total. The van der Waals surface area contributed by atoms with Crippen LogP contribution in [0.25, 0.3) is 0 Å². The third-order valence-corrected chi connectivity index (χ3v) is 6.83.